The van der Waals surface area contributed by atoms with Gasteiger partial charge in [-0.1, -0.05) is 78.3 Å². The summed E-state index contributed by atoms with van der Waals surface area (Å²) in [6.07, 6.45) is 0. The quantitative estimate of drug-likeness (QED) is 0.686. The molecule has 5 heteroatoms. The highest BCUT2D eigenvalue weighted by molar-refractivity contribution is 7.86. The lowest BCUT2D eigenvalue weighted by Gasteiger charge is -2.14. The lowest BCUT2D eigenvalue weighted by atomic mass is 9.94. The van der Waals surface area contributed by atoms with E-state index in [1.165, 1.54) is 6.07 Å². The second-order valence-corrected chi connectivity index (χ2v) is 6.78. The Hall–Kier alpha value is -2.14. The number of benzene rings is 3. The maximum atomic E-state index is 11.6. The van der Waals surface area contributed by atoms with Gasteiger partial charge in [0.05, 0.1) is 5.02 Å². The van der Waals surface area contributed by atoms with Gasteiger partial charge in [0.2, 0.25) is 0 Å². The minimum atomic E-state index is -4.39. The lowest BCUT2D eigenvalue weighted by Crippen LogP contribution is -2.01. The molecule has 1 N–H and O–H groups in total. The summed E-state index contributed by atoms with van der Waals surface area (Å²) >= 11 is 6.34. The summed E-state index contributed by atoms with van der Waals surface area (Å²) in [5.74, 6) is 0. The number of halogens is 1. The van der Waals surface area contributed by atoms with Crippen LogP contribution in [0.3, 0.4) is 0 Å². The van der Waals surface area contributed by atoms with E-state index in [0.29, 0.717) is 5.56 Å². The second kappa shape index (κ2) is 6.16. The lowest BCUT2D eigenvalue weighted by molar-refractivity contribution is 0.483. The maximum Gasteiger partial charge on any atom is 0.296 e. The zero-order valence-electron chi connectivity index (χ0n) is 12.0. The molecule has 0 aliphatic carbocycles. The van der Waals surface area contributed by atoms with Crippen molar-refractivity contribution >= 4 is 21.7 Å². The van der Waals surface area contributed by atoms with Crippen LogP contribution in [0.4, 0.5) is 0 Å². The molecule has 0 aliphatic rings. The van der Waals surface area contributed by atoms with Crippen LogP contribution in [0.25, 0.3) is 22.3 Å². The summed E-state index contributed by atoms with van der Waals surface area (Å²) in [5.41, 5.74) is 3.07. The van der Waals surface area contributed by atoms with Gasteiger partial charge in [0.1, 0.15) is 4.90 Å². The fourth-order valence-corrected chi connectivity index (χ4v) is 3.64. The molecule has 0 heterocycles. The highest BCUT2D eigenvalue weighted by Crippen LogP contribution is 2.40. The van der Waals surface area contributed by atoms with Crippen LogP contribution in [0.2, 0.25) is 5.02 Å². The Bertz CT molecular complexity index is 937. The van der Waals surface area contributed by atoms with Crippen molar-refractivity contribution in [2.75, 3.05) is 0 Å². The first-order valence-corrected chi connectivity index (χ1v) is 8.71. The first-order chi connectivity index (χ1) is 11.0. The highest BCUT2D eigenvalue weighted by Gasteiger charge is 2.21. The van der Waals surface area contributed by atoms with E-state index in [-0.39, 0.29) is 9.92 Å². The minimum absolute atomic E-state index is 0.0139. The maximum absolute atomic E-state index is 11.6. The first-order valence-electron chi connectivity index (χ1n) is 6.89. The molecule has 0 aliphatic heterocycles. The molecule has 23 heavy (non-hydrogen) atoms. The van der Waals surface area contributed by atoms with Gasteiger partial charge in [0, 0.05) is 5.56 Å². The van der Waals surface area contributed by atoms with Crippen molar-refractivity contribution in [2.24, 2.45) is 0 Å². The second-order valence-electron chi connectivity index (χ2n) is 5.01. The van der Waals surface area contributed by atoms with E-state index < -0.39 is 10.1 Å². The SMILES string of the molecule is O=S(=O)(O)c1ccc(-c2ccccc2)c(-c2ccccc2)c1Cl. The normalized spacial score (nSPS) is 11.4. The van der Waals surface area contributed by atoms with Gasteiger partial charge in [0.15, 0.2) is 0 Å². The molecule has 0 fully saturated rings. The summed E-state index contributed by atoms with van der Waals surface area (Å²) < 4.78 is 32.5. The van der Waals surface area contributed by atoms with Crippen LogP contribution in [0.15, 0.2) is 77.7 Å². The van der Waals surface area contributed by atoms with Gasteiger partial charge in [-0.2, -0.15) is 8.42 Å². The van der Waals surface area contributed by atoms with Gasteiger partial charge >= 0.3 is 0 Å². The van der Waals surface area contributed by atoms with Crippen molar-refractivity contribution in [2.45, 2.75) is 4.90 Å². The molecule has 0 unspecified atom stereocenters. The number of hydrogen-bond acceptors (Lipinski definition) is 2. The third kappa shape index (κ3) is 3.15. The molecule has 0 atom stereocenters. The molecule has 0 saturated heterocycles. The van der Waals surface area contributed by atoms with E-state index in [0.717, 1.165) is 16.7 Å². The Morgan fingerprint density at radius 1 is 0.739 bits per heavy atom. The molecule has 0 radical (unpaired) electrons. The van der Waals surface area contributed by atoms with Crippen LogP contribution in [0.5, 0.6) is 0 Å². The van der Waals surface area contributed by atoms with E-state index in [1.54, 1.807) is 6.07 Å². The van der Waals surface area contributed by atoms with Crippen molar-refractivity contribution in [1.82, 2.24) is 0 Å². The monoisotopic (exact) mass is 344 g/mol. The van der Waals surface area contributed by atoms with Gasteiger partial charge < -0.3 is 0 Å². The van der Waals surface area contributed by atoms with Gasteiger partial charge in [0.25, 0.3) is 10.1 Å². The van der Waals surface area contributed by atoms with E-state index in [9.17, 15) is 13.0 Å². The molecule has 0 aromatic heterocycles. The van der Waals surface area contributed by atoms with Crippen LogP contribution in [0.1, 0.15) is 0 Å². The van der Waals surface area contributed by atoms with Crippen molar-refractivity contribution in [3.8, 4) is 22.3 Å². The van der Waals surface area contributed by atoms with Gasteiger partial charge in [-0.05, 0) is 22.8 Å². The average Bonchev–Trinajstić information content (AvgIpc) is 2.55. The predicted octanol–water partition coefficient (Wildman–Crippen LogP) is 4.92. The highest BCUT2D eigenvalue weighted by atomic mass is 35.5. The fraction of sp³-hybridized carbons (Fsp3) is 0. The standard InChI is InChI=1S/C18H13ClO3S/c19-18-16(23(20,21)22)12-11-15(13-7-3-1-4-8-13)17(18)14-9-5-2-6-10-14/h1-12H,(H,20,21,22). The van der Waals surface area contributed by atoms with E-state index in [2.05, 4.69) is 0 Å². The molecule has 3 nitrogen and oxygen atoms in total. The van der Waals surface area contributed by atoms with E-state index >= 15 is 0 Å². The van der Waals surface area contributed by atoms with Crippen LogP contribution in [-0.4, -0.2) is 13.0 Å². The molecule has 0 saturated carbocycles. The number of hydrogen-bond donors (Lipinski definition) is 1. The first kappa shape index (κ1) is 15.7. The summed E-state index contributed by atoms with van der Waals surface area (Å²) in [6.45, 7) is 0. The molecular weight excluding hydrogens is 332 g/mol. The van der Waals surface area contributed by atoms with Crippen molar-refractivity contribution in [1.29, 1.82) is 0 Å². The third-order valence-corrected chi connectivity index (χ3v) is 4.93. The van der Waals surface area contributed by atoms with Gasteiger partial charge in [-0.15, -0.1) is 0 Å². The molecule has 3 aromatic carbocycles. The molecule has 0 spiro atoms. The Balaban J connectivity index is 2.36. The smallest absolute Gasteiger partial charge is 0.282 e. The Kier molecular flexibility index (Phi) is 4.22. The summed E-state index contributed by atoms with van der Waals surface area (Å²) in [6, 6.07) is 21.8. The van der Waals surface area contributed by atoms with Gasteiger partial charge in [-0.3, -0.25) is 4.55 Å². The molecule has 116 valence electrons. The molecular formula is C18H13ClO3S. The zero-order valence-corrected chi connectivity index (χ0v) is 13.6. The van der Waals surface area contributed by atoms with Crippen LogP contribution in [0, 0.1) is 0 Å². The topological polar surface area (TPSA) is 54.4 Å². The Labute approximate surface area is 139 Å². The average molecular weight is 345 g/mol. The third-order valence-electron chi connectivity index (χ3n) is 3.53. The fourth-order valence-electron chi connectivity index (χ4n) is 2.50. The van der Waals surface area contributed by atoms with Crippen LogP contribution in [-0.2, 0) is 10.1 Å². The number of rotatable bonds is 3. The minimum Gasteiger partial charge on any atom is -0.282 e. The van der Waals surface area contributed by atoms with Crippen molar-refractivity contribution in [3.63, 3.8) is 0 Å². The molecule has 3 rings (SSSR count). The van der Waals surface area contributed by atoms with E-state index in [1.807, 2.05) is 60.7 Å². The van der Waals surface area contributed by atoms with Crippen LogP contribution < -0.4 is 0 Å². The largest absolute Gasteiger partial charge is 0.296 e. The Morgan fingerprint density at radius 3 is 1.78 bits per heavy atom. The summed E-state index contributed by atoms with van der Waals surface area (Å²) in [5, 5.41) is 0.0139. The molecule has 0 amide bonds. The molecule has 3 aromatic rings. The predicted molar refractivity (Wildman–Crippen MR) is 92.1 cm³/mol. The molecule has 0 bridgehead atoms. The van der Waals surface area contributed by atoms with E-state index in [4.69, 9.17) is 11.6 Å². The van der Waals surface area contributed by atoms with Crippen molar-refractivity contribution in [3.05, 3.63) is 77.8 Å². The zero-order chi connectivity index (χ0) is 16.4. The van der Waals surface area contributed by atoms with Crippen molar-refractivity contribution < 1.29 is 13.0 Å². The summed E-state index contributed by atoms with van der Waals surface area (Å²) in [4.78, 5) is -0.294. The van der Waals surface area contributed by atoms with Crippen LogP contribution >= 0.6 is 11.6 Å². The Morgan fingerprint density at radius 2 is 1.26 bits per heavy atom. The van der Waals surface area contributed by atoms with Gasteiger partial charge in [-0.25, -0.2) is 0 Å². The summed E-state index contributed by atoms with van der Waals surface area (Å²) in [7, 11) is -4.39.